The van der Waals surface area contributed by atoms with Gasteiger partial charge >= 0.3 is 0 Å². The number of anilines is 1. The summed E-state index contributed by atoms with van der Waals surface area (Å²) in [7, 11) is 0. The van der Waals surface area contributed by atoms with Gasteiger partial charge in [-0.25, -0.2) is 15.0 Å². The van der Waals surface area contributed by atoms with Gasteiger partial charge in [0.2, 0.25) is 0 Å². The van der Waals surface area contributed by atoms with Crippen molar-refractivity contribution in [3.05, 3.63) is 47.1 Å². The van der Waals surface area contributed by atoms with Gasteiger partial charge in [0, 0.05) is 18.0 Å². The van der Waals surface area contributed by atoms with Crippen molar-refractivity contribution in [1.82, 2.24) is 15.0 Å². The summed E-state index contributed by atoms with van der Waals surface area (Å²) in [6, 6.07) is 3.17. The molecular formula is C10H9ClN4O. The number of aromatic nitrogens is 3. The number of nitrogens with zero attached hydrogens (tertiary/aromatic N) is 3. The SMILES string of the molecule is Nc1ncc(Cl)cc1C(O)c1ccncn1. The maximum absolute atomic E-state index is 10.0. The van der Waals surface area contributed by atoms with Crippen LogP contribution in [0.3, 0.4) is 0 Å². The first kappa shape index (κ1) is 10.8. The summed E-state index contributed by atoms with van der Waals surface area (Å²) in [6.45, 7) is 0. The summed E-state index contributed by atoms with van der Waals surface area (Å²) in [5.41, 5.74) is 6.54. The Hall–Kier alpha value is -1.72. The zero-order valence-corrected chi connectivity index (χ0v) is 8.96. The van der Waals surface area contributed by atoms with Gasteiger partial charge in [-0.2, -0.15) is 0 Å². The Balaban J connectivity index is 2.41. The molecule has 5 nitrogen and oxygen atoms in total. The summed E-state index contributed by atoms with van der Waals surface area (Å²) in [5.74, 6) is 0.232. The Bertz CT molecular complexity index is 491. The lowest BCUT2D eigenvalue weighted by Gasteiger charge is -2.11. The van der Waals surface area contributed by atoms with E-state index < -0.39 is 6.10 Å². The van der Waals surface area contributed by atoms with Gasteiger partial charge in [0.1, 0.15) is 18.2 Å². The van der Waals surface area contributed by atoms with Crippen molar-refractivity contribution < 1.29 is 5.11 Å². The molecule has 82 valence electrons. The Morgan fingerprint density at radius 2 is 2.19 bits per heavy atom. The van der Waals surface area contributed by atoms with Crippen molar-refractivity contribution in [2.24, 2.45) is 0 Å². The molecule has 0 saturated carbocycles. The Labute approximate surface area is 96.9 Å². The zero-order valence-electron chi connectivity index (χ0n) is 8.21. The first-order valence-electron chi connectivity index (χ1n) is 4.53. The molecule has 0 aliphatic heterocycles. The Morgan fingerprint density at radius 3 is 2.88 bits per heavy atom. The van der Waals surface area contributed by atoms with Gasteiger partial charge in [0.25, 0.3) is 0 Å². The summed E-state index contributed by atoms with van der Waals surface area (Å²) in [4.78, 5) is 11.6. The maximum Gasteiger partial charge on any atom is 0.129 e. The average molecular weight is 237 g/mol. The molecule has 16 heavy (non-hydrogen) atoms. The smallest absolute Gasteiger partial charge is 0.129 e. The van der Waals surface area contributed by atoms with Crippen LogP contribution >= 0.6 is 11.6 Å². The van der Waals surface area contributed by atoms with E-state index in [-0.39, 0.29) is 5.82 Å². The lowest BCUT2D eigenvalue weighted by molar-refractivity contribution is 0.215. The molecule has 1 unspecified atom stereocenters. The van der Waals surface area contributed by atoms with E-state index in [1.807, 2.05) is 0 Å². The quantitative estimate of drug-likeness (QED) is 0.818. The van der Waals surface area contributed by atoms with Crippen molar-refractivity contribution in [1.29, 1.82) is 0 Å². The highest BCUT2D eigenvalue weighted by Gasteiger charge is 2.15. The highest BCUT2D eigenvalue weighted by Crippen LogP contribution is 2.25. The van der Waals surface area contributed by atoms with Crippen LogP contribution in [-0.2, 0) is 0 Å². The Kier molecular flexibility index (Phi) is 2.98. The minimum atomic E-state index is -0.950. The number of aliphatic hydroxyl groups excluding tert-OH is 1. The normalized spacial score (nSPS) is 12.4. The number of rotatable bonds is 2. The van der Waals surface area contributed by atoms with E-state index in [1.165, 1.54) is 12.5 Å². The molecule has 0 bridgehead atoms. The third-order valence-corrected chi connectivity index (χ3v) is 2.30. The topological polar surface area (TPSA) is 84.9 Å². The maximum atomic E-state index is 10.0. The minimum Gasteiger partial charge on any atom is -0.383 e. The fraction of sp³-hybridized carbons (Fsp3) is 0.100. The monoisotopic (exact) mass is 236 g/mol. The lowest BCUT2D eigenvalue weighted by atomic mass is 10.1. The number of aliphatic hydroxyl groups is 1. The van der Waals surface area contributed by atoms with Crippen LogP contribution in [0, 0.1) is 0 Å². The van der Waals surface area contributed by atoms with E-state index in [2.05, 4.69) is 15.0 Å². The molecule has 0 saturated heterocycles. The molecular weight excluding hydrogens is 228 g/mol. The molecule has 2 heterocycles. The Morgan fingerprint density at radius 1 is 1.38 bits per heavy atom. The minimum absolute atomic E-state index is 0.232. The number of hydrogen-bond donors (Lipinski definition) is 2. The predicted octanol–water partition coefficient (Wildman–Crippen LogP) is 1.19. The van der Waals surface area contributed by atoms with E-state index in [1.54, 1.807) is 18.3 Å². The number of hydrogen-bond acceptors (Lipinski definition) is 5. The molecule has 2 aromatic rings. The van der Waals surface area contributed by atoms with Crippen LogP contribution in [0.1, 0.15) is 17.4 Å². The van der Waals surface area contributed by atoms with Crippen molar-refractivity contribution in [2.45, 2.75) is 6.10 Å². The van der Waals surface area contributed by atoms with Gasteiger partial charge < -0.3 is 10.8 Å². The molecule has 2 rings (SSSR count). The van der Waals surface area contributed by atoms with Crippen molar-refractivity contribution >= 4 is 17.4 Å². The molecule has 0 aliphatic carbocycles. The van der Waals surface area contributed by atoms with Gasteiger partial charge in [-0.15, -0.1) is 0 Å². The van der Waals surface area contributed by atoms with E-state index in [4.69, 9.17) is 17.3 Å². The molecule has 6 heteroatoms. The molecule has 0 spiro atoms. The number of pyridine rings is 1. The number of halogens is 1. The standard InChI is InChI=1S/C10H9ClN4O/c11-6-3-7(10(12)14-4-6)9(16)8-1-2-13-5-15-8/h1-5,9,16H,(H2,12,14). The second-order valence-electron chi connectivity index (χ2n) is 3.16. The van der Waals surface area contributed by atoms with E-state index in [9.17, 15) is 5.11 Å². The summed E-state index contributed by atoms with van der Waals surface area (Å²) < 4.78 is 0. The number of nitrogens with two attached hydrogens (primary N) is 1. The molecule has 3 N–H and O–H groups in total. The highest BCUT2D eigenvalue weighted by atomic mass is 35.5. The molecule has 1 atom stereocenters. The van der Waals surface area contributed by atoms with Crippen molar-refractivity contribution in [2.75, 3.05) is 5.73 Å². The van der Waals surface area contributed by atoms with E-state index in [0.717, 1.165) is 0 Å². The van der Waals surface area contributed by atoms with Gasteiger partial charge in [-0.05, 0) is 12.1 Å². The van der Waals surface area contributed by atoms with Crippen molar-refractivity contribution in [3.8, 4) is 0 Å². The van der Waals surface area contributed by atoms with Gasteiger partial charge in [-0.3, -0.25) is 0 Å². The van der Waals surface area contributed by atoms with Crippen LogP contribution < -0.4 is 5.73 Å². The molecule has 0 aromatic carbocycles. The van der Waals surface area contributed by atoms with E-state index >= 15 is 0 Å². The van der Waals surface area contributed by atoms with Crippen LogP contribution in [0.4, 0.5) is 5.82 Å². The van der Waals surface area contributed by atoms with E-state index in [0.29, 0.717) is 16.3 Å². The fourth-order valence-electron chi connectivity index (χ4n) is 1.31. The third kappa shape index (κ3) is 2.10. The molecule has 0 amide bonds. The van der Waals surface area contributed by atoms with Gasteiger partial charge in [-0.1, -0.05) is 11.6 Å². The largest absolute Gasteiger partial charge is 0.383 e. The lowest BCUT2D eigenvalue weighted by Crippen LogP contribution is -2.07. The van der Waals surface area contributed by atoms with Crippen LogP contribution in [0.5, 0.6) is 0 Å². The van der Waals surface area contributed by atoms with Crippen molar-refractivity contribution in [3.63, 3.8) is 0 Å². The van der Waals surface area contributed by atoms with Crippen LogP contribution in [0.15, 0.2) is 30.9 Å². The second kappa shape index (κ2) is 4.42. The summed E-state index contributed by atoms with van der Waals surface area (Å²) in [5, 5.41) is 10.4. The first-order chi connectivity index (χ1) is 7.68. The third-order valence-electron chi connectivity index (χ3n) is 2.10. The zero-order chi connectivity index (χ0) is 11.5. The highest BCUT2D eigenvalue weighted by molar-refractivity contribution is 6.30. The molecule has 0 aliphatic rings. The molecule has 2 aromatic heterocycles. The number of nitrogen functional groups attached to an aromatic ring is 1. The van der Waals surface area contributed by atoms with Crippen LogP contribution in [-0.4, -0.2) is 20.1 Å². The van der Waals surface area contributed by atoms with Crippen LogP contribution in [0.25, 0.3) is 0 Å². The predicted molar refractivity (Wildman–Crippen MR) is 59.8 cm³/mol. The summed E-state index contributed by atoms with van der Waals surface area (Å²) in [6.07, 6.45) is 3.37. The summed E-state index contributed by atoms with van der Waals surface area (Å²) >= 11 is 5.79. The van der Waals surface area contributed by atoms with Crippen LogP contribution in [0.2, 0.25) is 5.02 Å². The van der Waals surface area contributed by atoms with Gasteiger partial charge in [0.05, 0.1) is 10.7 Å². The van der Waals surface area contributed by atoms with Gasteiger partial charge in [0.15, 0.2) is 0 Å². The fourth-order valence-corrected chi connectivity index (χ4v) is 1.47. The molecule has 0 fully saturated rings. The second-order valence-corrected chi connectivity index (χ2v) is 3.60. The first-order valence-corrected chi connectivity index (χ1v) is 4.91. The molecule has 0 radical (unpaired) electrons. The average Bonchev–Trinajstić information content (AvgIpc) is 2.32.